The molecule has 4 atom stereocenters. The Bertz CT molecular complexity index is 744. The number of carbonyl (C=O) groups excluding carboxylic acids is 2. The Morgan fingerprint density at radius 3 is 2.11 bits per heavy atom. The lowest BCUT2D eigenvalue weighted by Crippen LogP contribution is -2.39. The molecule has 0 aliphatic heterocycles. The van der Waals surface area contributed by atoms with E-state index in [9.17, 15) is 14.7 Å². The van der Waals surface area contributed by atoms with Crippen LogP contribution in [0.2, 0.25) is 0 Å². The summed E-state index contributed by atoms with van der Waals surface area (Å²) in [6, 6.07) is 18.3. The molecular formula is C23H28O5. The molecular weight excluding hydrogens is 356 g/mol. The lowest BCUT2D eigenvalue weighted by Gasteiger charge is -2.26. The quantitative estimate of drug-likeness (QED) is 0.633. The molecule has 0 heterocycles. The molecule has 0 fully saturated rings. The second kappa shape index (κ2) is 10.7. The largest absolute Gasteiger partial charge is 0.451 e. The third-order valence-electron chi connectivity index (χ3n) is 4.73. The number of aliphatic hydroxyl groups is 1. The lowest BCUT2D eigenvalue weighted by atomic mass is 9.89. The number of Topliss-reactive ketones (excluding diaryl/α,β-unsaturated/α-hetero) is 1. The van der Waals surface area contributed by atoms with E-state index in [1.807, 2.05) is 37.3 Å². The van der Waals surface area contributed by atoms with Crippen molar-refractivity contribution in [1.29, 1.82) is 0 Å². The van der Waals surface area contributed by atoms with E-state index in [2.05, 4.69) is 0 Å². The molecule has 2 aromatic carbocycles. The van der Waals surface area contributed by atoms with E-state index >= 15 is 0 Å². The fourth-order valence-electron chi connectivity index (χ4n) is 2.93. The molecule has 0 bridgehead atoms. The van der Waals surface area contributed by atoms with Gasteiger partial charge in [0.2, 0.25) is 0 Å². The average molecular weight is 384 g/mol. The van der Waals surface area contributed by atoms with Crippen molar-refractivity contribution in [3.05, 3.63) is 71.8 Å². The molecule has 5 heteroatoms. The van der Waals surface area contributed by atoms with Gasteiger partial charge in [0.25, 0.3) is 0 Å². The first-order chi connectivity index (χ1) is 13.4. The molecule has 0 amide bonds. The third-order valence-corrected chi connectivity index (χ3v) is 4.73. The average Bonchev–Trinajstić information content (AvgIpc) is 2.73. The van der Waals surface area contributed by atoms with Crippen LogP contribution in [0.15, 0.2) is 60.7 Å². The van der Waals surface area contributed by atoms with E-state index in [0.717, 1.165) is 5.56 Å². The van der Waals surface area contributed by atoms with Crippen molar-refractivity contribution < 1.29 is 24.2 Å². The normalized spacial score (nSPS) is 15.3. The Hall–Kier alpha value is -2.50. The maximum atomic E-state index is 12.6. The zero-order chi connectivity index (χ0) is 20.5. The van der Waals surface area contributed by atoms with Crippen LogP contribution < -0.4 is 0 Å². The standard InChI is InChI=1S/C23H28O5/c1-16(14-27-15-19-10-6-4-7-11-19)21(24)17(2)22(25)18(3)28-23(26)20-12-8-5-9-13-20/h4-13,16-18,21,24H,14-15H2,1-3H3/t16-,17-,18+,21-/m1/s1. The first-order valence-corrected chi connectivity index (χ1v) is 9.49. The summed E-state index contributed by atoms with van der Waals surface area (Å²) < 4.78 is 10.9. The second-order valence-electron chi connectivity index (χ2n) is 7.07. The van der Waals surface area contributed by atoms with Gasteiger partial charge in [0.15, 0.2) is 11.9 Å². The van der Waals surface area contributed by atoms with Crippen LogP contribution in [0.25, 0.3) is 0 Å². The second-order valence-corrected chi connectivity index (χ2v) is 7.07. The summed E-state index contributed by atoms with van der Waals surface area (Å²) in [6.07, 6.45) is -1.82. The number of ketones is 1. The zero-order valence-corrected chi connectivity index (χ0v) is 16.6. The predicted octanol–water partition coefficient (Wildman–Crippen LogP) is 3.65. The summed E-state index contributed by atoms with van der Waals surface area (Å²) in [5, 5.41) is 10.5. The van der Waals surface area contributed by atoms with E-state index in [-0.39, 0.29) is 11.7 Å². The number of hydrogen-bond acceptors (Lipinski definition) is 5. The van der Waals surface area contributed by atoms with Crippen LogP contribution in [0.3, 0.4) is 0 Å². The molecule has 28 heavy (non-hydrogen) atoms. The van der Waals surface area contributed by atoms with E-state index in [1.165, 1.54) is 6.92 Å². The summed E-state index contributed by atoms with van der Waals surface area (Å²) >= 11 is 0. The number of benzene rings is 2. The molecule has 0 radical (unpaired) electrons. The molecule has 0 aromatic heterocycles. The minimum absolute atomic E-state index is 0.236. The van der Waals surface area contributed by atoms with Gasteiger partial charge in [-0.25, -0.2) is 4.79 Å². The number of ether oxygens (including phenoxy) is 2. The molecule has 0 saturated carbocycles. The van der Waals surface area contributed by atoms with Crippen LogP contribution in [0.5, 0.6) is 0 Å². The Kier molecular flexibility index (Phi) is 8.36. The highest BCUT2D eigenvalue weighted by atomic mass is 16.5. The van der Waals surface area contributed by atoms with Gasteiger partial charge in [-0.05, 0) is 24.6 Å². The predicted molar refractivity (Wildman–Crippen MR) is 107 cm³/mol. The van der Waals surface area contributed by atoms with Gasteiger partial charge in [0.05, 0.1) is 24.9 Å². The minimum Gasteiger partial charge on any atom is -0.451 e. The van der Waals surface area contributed by atoms with Crippen LogP contribution in [-0.2, 0) is 20.9 Å². The van der Waals surface area contributed by atoms with Crippen molar-refractivity contribution in [2.75, 3.05) is 6.61 Å². The van der Waals surface area contributed by atoms with Gasteiger partial charge in [-0.1, -0.05) is 62.4 Å². The van der Waals surface area contributed by atoms with E-state index in [0.29, 0.717) is 18.8 Å². The highest BCUT2D eigenvalue weighted by molar-refractivity contribution is 5.93. The number of aliphatic hydroxyl groups excluding tert-OH is 1. The zero-order valence-electron chi connectivity index (χ0n) is 16.6. The van der Waals surface area contributed by atoms with Crippen molar-refractivity contribution in [3.8, 4) is 0 Å². The van der Waals surface area contributed by atoms with Gasteiger partial charge in [0, 0.05) is 11.8 Å². The van der Waals surface area contributed by atoms with Gasteiger partial charge in [-0.2, -0.15) is 0 Å². The highest BCUT2D eigenvalue weighted by Gasteiger charge is 2.31. The van der Waals surface area contributed by atoms with Gasteiger partial charge in [-0.15, -0.1) is 0 Å². The lowest BCUT2D eigenvalue weighted by molar-refractivity contribution is -0.135. The van der Waals surface area contributed by atoms with Crippen molar-refractivity contribution in [2.45, 2.75) is 39.6 Å². The Labute approximate surface area is 166 Å². The number of hydrogen-bond donors (Lipinski definition) is 1. The maximum absolute atomic E-state index is 12.6. The van der Waals surface area contributed by atoms with Crippen molar-refractivity contribution >= 4 is 11.8 Å². The van der Waals surface area contributed by atoms with E-state index in [4.69, 9.17) is 9.47 Å². The summed E-state index contributed by atoms with van der Waals surface area (Å²) in [6.45, 7) is 5.79. The molecule has 0 spiro atoms. The molecule has 2 rings (SSSR count). The van der Waals surface area contributed by atoms with Crippen molar-refractivity contribution in [1.82, 2.24) is 0 Å². The SMILES string of the molecule is C[C@H](OC(=O)c1ccccc1)C(=O)[C@H](C)[C@H](O)[C@H](C)COCc1ccccc1. The maximum Gasteiger partial charge on any atom is 0.338 e. The van der Waals surface area contributed by atoms with Crippen LogP contribution in [-0.4, -0.2) is 35.7 Å². The summed E-state index contributed by atoms with van der Waals surface area (Å²) in [7, 11) is 0. The van der Waals surface area contributed by atoms with Gasteiger partial charge >= 0.3 is 5.97 Å². The summed E-state index contributed by atoms with van der Waals surface area (Å²) in [5.74, 6) is -1.78. The molecule has 1 N–H and O–H groups in total. The third kappa shape index (κ3) is 6.29. The smallest absolute Gasteiger partial charge is 0.338 e. The van der Waals surface area contributed by atoms with Crippen LogP contribution in [0, 0.1) is 11.8 Å². The van der Waals surface area contributed by atoms with Crippen LogP contribution in [0.4, 0.5) is 0 Å². The first-order valence-electron chi connectivity index (χ1n) is 9.49. The summed E-state index contributed by atoms with van der Waals surface area (Å²) in [5.41, 5.74) is 1.44. The van der Waals surface area contributed by atoms with Crippen LogP contribution in [0.1, 0.15) is 36.7 Å². The molecule has 150 valence electrons. The van der Waals surface area contributed by atoms with Gasteiger partial charge in [-0.3, -0.25) is 4.79 Å². The molecule has 0 aliphatic rings. The van der Waals surface area contributed by atoms with Crippen molar-refractivity contribution in [2.24, 2.45) is 11.8 Å². The number of carbonyl (C=O) groups is 2. The molecule has 0 aliphatic carbocycles. The molecule has 0 saturated heterocycles. The fraction of sp³-hybridized carbons (Fsp3) is 0.391. The monoisotopic (exact) mass is 384 g/mol. The fourth-order valence-corrected chi connectivity index (χ4v) is 2.93. The topological polar surface area (TPSA) is 72.8 Å². The summed E-state index contributed by atoms with van der Waals surface area (Å²) in [4.78, 5) is 24.7. The number of esters is 1. The minimum atomic E-state index is -0.935. The molecule has 2 aromatic rings. The number of rotatable bonds is 10. The van der Waals surface area contributed by atoms with Crippen LogP contribution >= 0.6 is 0 Å². The first kappa shape index (κ1) is 21.8. The molecule has 0 unspecified atom stereocenters. The Morgan fingerprint density at radius 1 is 0.929 bits per heavy atom. The highest BCUT2D eigenvalue weighted by Crippen LogP contribution is 2.18. The van der Waals surface area contributed by atoms with Crippen molar-refractivity contribution in [3.63, 3.8) is 0 Å². The molecule has 5 nitrogen and oxygen atoms in total. The Morgan fingerprint density at radius 2 is 1.50 bits per heavy atom. The van der Waals surface area contributed by atoms with Gasteiger partial charge in [0.1, 0.15) is 0 Å². The van der Waals surface area contributed by atoms with E-state index in [1.54, 1.807) is 37.3 Å². The Balaban J connectivity index is 1.82. The van der Waals surface area contributed by atoms with Gasteiger partial charge < -0.3 is 14.6 Å². The van der Waals surface area contributed by atoms with E-state index < -0.39 is 24.1 Å².